The van der Waals surface area contributed by atoms with Gasteiger partial charge in [-0.3, -0.25) is 9.89 Å². The molecule has 2 heterocycles. The SMILES string of the molecule is CN=C(NCCCCN1CCCC(C)C1)NC1CCN(Cc2ccccc2)C(C)C1. The molecular formula is C25H43N5. The first-order valence-electron chi connectivity index (χ1n) is 12.1. The first-order chi connectivity index (χ1) is 14.6. The molecule has 0 saturated carbocycles. The van der Waals surface area contributed by atoms with E-state index in [4.69, 9.17) is 0 Å². The topological polar surface area (TPSA) is 42.9 Å². The number of unbranched alkanes of at least 4 members (excludes halogenated alkanes) is 1. The lowest BCUT2D eigenvalue weighted by Gasteiger charge is -2.38. The van der Waals surface area contributed by atoms with Crippen LogP contribution in [0.2, 0.25) is 0 Å². The molecule has 0 aromatic heterocycles. The third kappa shape index (κ3) is 7.59. The number of nitrogens with one attached hydrogen (secondary N) is 2. The smallest absolute Gasteiger partial charge is 0.191 e. The molecule has 3 unspecified atom stereocenters. The maximum atomic E-state index is 4.46. The van der Waals surface area contributed by atoms with Gasteiger partial charge in [0.15, 0.2) is 5.96 Å². The molecule has 0 radical (unpaired) electrons. The minimum atomic E-state index is 0.507. The van der Waals surface area contributed by atoms with Crippen molar-refractivity contribution in [2.75, 3.05) is 39.8 Å². The molecule has 5 heteroatoms. The lowest BCUT2D eigenvalue weighted by atomic mass is 9.97. The number of hydrogen-bond acceptors (Lipinski definition) is 3. The zero-order valence-electron chi connectivity index (χ0n) is 19.4. The lowest BCUT2D eigenvalue weighted by Crippen LogP contribution is -2.51. The average Bonchev–Trinajstić information content (AvgIpc) is 2.75. The highest BCUT2D eigenvalue weighted by Crippen LogP contribution is 2.20. The highest BCUT2D eigenvalue weighted by molar-refractivity contribution is 5.79. The predicted octanol–water partition coefficient (Wildman–Crippen LogP) is 3.72. The molecule has 2 fully saturated rings. The molecule has 5 nitrogen and oxygen atoms in total. The average molecular weight is 414 g/mol. The van der Waals surface area contributed by atoms with E-state index < -0.39 is 0 Å². The van der Waals surface area contributed by atoms with Gasteiger partial charge in [-0.05, 0) is 70.0 Å². The summed E-state index contributed by atoms with van der Waals surface area (Å²) >= 11 is 0. The summed E-state index contributed by atoms with van der Waals surface area (Å²) in [6.45, 7) is 11.8. The highest BCUT2D eigenvalue weighted by Gasteiger charge is 2.26. The van der Waals surface area contributed by atoms with Crippen LogP contribution in [0, 0.1) is 5.92 Å². The van der Waals surface area contributed by atoms with Gasteiger partial charge in [-0.15, -0.1) is 0 Å². The van der Waals surface area contributed by atoms with Gasteiger partial charge in [-0.25, -0.2) is 0 Å². The van der Waals surface area contributed by atoms with E-state index in [2.05, 4.69) is 69.6 Å². The van der Waals surface area contributed by atoms with Crippen LogP contribution >= 0.6 is 0 Å². The summed E-state index contributed by atoms with van der Waals surface area (Å²) in [5.41, 5.74) is 1.41. The van der Waals surface area contributed by atoms with Gasteiger partial charge in [0.1, 0.15) is 0 Å². The normalized spacial score (nSPS) is 26.5. The van der Waals surface area contributed by atoms with E-state index in [0.717, 1.165) is 31.5 Å². The van der Waals surface area contributed by atoms with Crippen LogP contribution < -0.4 is 10.6 Å². The van der Waals surface area contributed by atoms with Crippen molar-refractivity contribution in [3.8, 4) is 0 Å². The van der Waals surface area contributed by atoms with Gasteiger partial charge in [0.25, 0.3) is 0 Å². The van der Waals surface area contributed by atoms with E-state index in [9.17, 15) is 0 Å². The molecule has 3 atom stereocenters. The monoisotopic (exact) mass is 413 g/mol. The summed E-state index contributed by atoms with van der Waals surface area (Å²) in [6, 6.07) is 11.9. The van der Waals surface area contributed by atoms with E-state index in [-0.39, 0.29) is 0 Å². The van der Waals surface area contributed by atoms with Gasteiger partial charge < -0.3 is 15.5 Å². The summed E-state index contributed by atoms with van der Waals surface area (Å²) in [6.07, 6.45) is 7.59. The first kappa shape index (κ1) is 23.1. The predicted molar refractivity (Wildman–Crippen MR) is 128 cm³/mol. The molecule has 0 aliphatic carbocycles. The maximum absolute atomic E-state index is 4.46. The molecule has 1 aromatic carbocycles. The van der Waals surface area contributed by atoms with Crippen molar-refractivity contribution in [3.63, 3.8) is 0 Å². The fourth-order valence-corrected chi connectivity index (χ4v) is 4.95. The minimum absolute atomic E-state index is 0.507. The molecule has 0 amide bonds. The molecule has 2 N–H and O–H groups in total. The molecule has 2 aliphatic rings. The number of nitrogens with zero attached hydrogens (tertiary/aromatic N) is 3. The number of likely N-dealkylation sites (tertiary alicyclic amines) is 2. The van der Waals surface area contributed by atoms with E-state index in [1.165, 1.54) is 63.7 Å². The fourth-order valence-electron chi connectivity index (χ4n) is 4.95. The van der Waals surface area contributed by atoms with Gasteiger partial charge in [0, 0.05) is 45.3 Å². The Hall–Kier alpha value is -1.59. The van der Waals surface area contributed by atoms with Gasteiger partial charge in [0.2, 0.25) is 0 Å². The van der Waals surface area contributed by atoms with Crippen LogP contribution in [0.15, 0.2) is 35.3 Å². The van der Waals surface area contributed by atoms with Crippen LogP contribution in [0.5, 0.6) is 0 Å². The molecule has 2 saturated heterocycles. The quantitative estimate of drug-likeness (QED) is 0.387. The summed E-state index contributed by atoms with van der Waals surface area (Å²) in [7, 11) is 1.89. The Morgan fingerprint density at radius 3 is 2.67 bits per heavy atom. The van der Waals surface area contributed by atoms with Crippen molar-refractivity contribution in [1.29, 1.82) is 0 Å². The third-order valence-electron chi connectivity index (χ3n) is 6.74. The second kappa shape index (κ2) is 12.3. The number of rotatable bonds is 8. The van der Waals surface area contributed by atoms with Crippen LogP contribution in [0.3, 0.4) is 0 Å². The Balaban J connectivity index is 1.31. The van der Waals surface area contributed by atoms with Gasteiger partial charge in [-0.2, -0.15) is 0 Å². The molecule has 0 bridgehead atoms. The largest absolute Gasteiger partial charge is 0.356 e. The standard InChI is InChI=1S/C25H43N5/c1-21-10-9-16-29(19-21)15-8-7-14-27-25(26-3)28-24-13-17-30(22(2)18-24)20-23-11-5-4-6-12-23/h4-6,11-12,21-22,24H,7-10,13-20H2,1-3H3,(H2,26,27,28). The molecule has 2 aliphatic heterocycles. The van der Waals surface area contributed by atoms with Crippen LogP contribution in [0.25, 0.3) is 0 Å². The van der Waals surface area contributed by atoms with Crippen LogP contribution in [0.4, 0.5) is 0 Å². The Morgan fingerprint density at radius 1 is 1.10 bits per heavy atom. The molecule has 30 heavy (non-hydrogen) atoms. The van der Waals surface area contributed by atoms with Crippen molar-refractivity contribution >= 4 is 5.96 Å². The van der Waals surface area contributed by atoms with Crippen molar-refractivity contribution in [3.05, 3.63) is 35.9 Å². The minimum Gasteiger partial charge on any atom is -0.356 e. The highest BCUT2D eigenvalue weighted by atomic mass is 15.2. The zero-order valence-corrected chi connectivity index (χ0v) is 19.4. The molecule has 1 aromatic rings. The zero-order chi connectivity index (χ0) is 21.2. The Morgan fingerprint density at radius 2 is 1.93 bits per heavy atom. The van der Waals surface area contributed by atoms with E-state index in [1.54, 1.807) is 0 Å². The van der Waals surface area contributed by atoms with Crippen LogP contribution in [0.1, 0.15) is 57.9 Å². The van der Waals surface area contributed by atoms with Crippen molar-refractivity contribution in [1.82, 2.24) is 20.4 Å². The lowest BCUT2D eigenvalue weighted by molar-refractivity contribution is 0.134. The van der Waals surface area contributed by atoms with Gasteiger partial charge >= 0.3 is 0 Å². The number of aliphatic imine (C=N–C) groups is 1. The molecule has 168 valence electrons. The van der Waals surface area contributed by atoms with E-state index in [0.29, 0.717) is 12.1 Å². The molecule has 0 spiro atoms. The Labute approximate surface area is 184 Å². The molecule has 3 rings (SSSR count). The fraction of sp³-hybridized carbons (Fsp3) is 0.720. The first-order valence-corrected chi connectivity index (χ1v) is 12.1. The number of benzene rings is 1. The molecular weight excluding hydrogens is 370 g/mol. The number of hydrogen-bond donors (Lipinski definition) is 2. The van der Waals surface area contributed by atoms with Crippen LogP contribution in [-0.4, -0.2) is 67.6 Å². The second-order valence-electron chi connectivity index (χ2n) is 9.42. The summed E-state index contributed by atoms with van der Waals surface area (Å²) in [4.78, 5) is 9.71. The number of piperidine rings is 2. The summed E-state index contributed by atoms with van der Waals surface area (Å²) in [5.74, 6) is 1.84. The van der Waals surface area contributed by atoms with E-state index >= 15 is 0 Å². The number of guanidine groups is 1. The van der Waals surface area contributed by atoms with Crippen molar-refractivity contribution in [2.24, 2.45) is 10.9 Å². The van der Waals surface area contributed by atoms with Crippen molar-refractivity contribution < 1.29 is 0 Å². The van der Waals surface area contributed by atoms with Crippen LogP contribution in [-0.2, 0) is 6.54 Å². The second-order valence-corrected chi connectivity index (χ2v) is 9.42. The Kier molecular flexibility index (Phi) is 9.47. The Bertz CT molecular complexity index is 632. The summed E-state index contributed by atoms with van der Waals surface area (Å²) < 4.78 is 0. The maximum Gasteiger partial charge on any atom is 0.191 e. The van der Waals surface area contributed by atoms with E-state index in [1.807, 2.05) is 7.05 Å². The van der Waals surface area contributed by atoms with Crippen molar-refractivity contribution in [2.45, 2.75) is 71.0 Å². The summed E-state index contributed by atoms with van der Waals surface area (Å²) in [5, 5.41) is 7.20. The van der Waals surface area contributed by atoms with Gasteiger partial charge in [-0.1, -0.05) is 37.3 Å². The third-order valence-corrected chi connectivity index (χ3v) is 6.74. The van der Waals surface area contributed by atoms with Gasteiger partial charge in [0.05, 0.1) is 0 Å².